The lowest BCUT2D eigenvalue weighted by atomic mass is 9.92. The second-order valence-electron chi connectivity index (χ2n) is 7.70. The first-order chi connectivity index (χ1) is 13.7. The van der Waals surface area contributed by atoms with Crippen LogP contribution in [-0.4, -0.2) is 42.5 Å². The van der Waals surface area contributed by atoms with Crippen LogP contribution < -0.4 is 0 Å². The van der Waals surface area contributed by atoms with Crippen molar-refractivity contribution in [3.8, 4) is 0 Å². The van der Waals surface area contributed by atoms with Crippen LogP contribution in [0.2, 0.25) is 0 Å². The third-order valence-electron chi connectivity index (χ3n) is 5.55. The van der Waals surface area contributed by atoms with Crippen LogP contribution in [0.15, 0.2) is 59.5 Å². The van der Waals surface area contributed by atoms with Gasteiger partial charge in [0.25, 0.3) is 0 Å². The molecule has 0 unspecified atom stereocenters. The van der Waals surface area contributed by atoms with E-state index in [9.17, 15) is 4.39 Å². The number of ether oxygens (including phenoxy) is 1. The summed E-state index contributed by atoms with van der Waals surface area (Å²) in [4.78, 5) is 3.68. The normalized spacial score (nSPS) is 16.9. The number of hydrogen-bond acceptors (Lipinski definition) is 3. The zero-order valence-corrected chi connectivity index (χ0v) is 17.7. The second kappa shape index (κ2) is 11.0. The van der Waals surface area contributed by atoms with Crippen molar-refractivity contribution in [3.63, 3.8) is 0 Å². The summed E-state index contributed by atoms with van der Waals surface area (Å²) < 4.78 is 19.6. The maximum atomic E-state index is 13.2. The molecule has 2 nitrogen and oxygen atoms in total. The van der Waals surface area contributed by atoms with E-state index in [2.05, 4.69) is 42.2 Å². The van der Waals surface area contributed by atoms with Crippen LogP contribution in [0.25, 0.3) is 0 Å². The topological polar surface area (TPSA) is 12.5 Å². The number of halogens is 1. The van der Waals surface area contributed by atoms with Gasteiger partial charge >= 0.3 is 0 Å². The summed E-state index contributed by atoms with van der Waals surface area (Å²) >= 11 is 1.79. The van der Waals surface area contributed by atoms with Crippen LogP contribution in [-0.2, 0) is 11.2 Å². The summed E-state index contributed by atoms with van der Waals surface area (Å²) in [6, 6.07) is 17.5. The molecular weight excluding hydrogens is 369 g/mol. The Morgan fingerprint density at radius 2 is 1.75 bits per heavy atom. The molecule has 0 bridgehead atoms. The number of benzene rings is 2. The number of nitrogens with zero attached hydrogens (tertiary/aromatic N) is 1. The third kappa shape index (κ3) is 6.61. The van der Waals surface area contributed by atoms with E-state index in [1.165, 1.54) is 5.56 Å². The molecule has 152 valence electrons. The minimum Gasteiger partial charge on any atom is -0.374 e. The predicted molar refractivity (Wildman–Crippen MR) is 117 cm³/mol. The lowest BCUT2D eigenvalue weighted by molar-refractivity contribution is -0.0680. The Morgan fingerprint density at radius 1 is 1.04 bits per heavy atom. The average molecular weight is 402 g/mol. The number of rotatable bonds is 10. The largest absolute Gasteiger partial charge is 0.374 e. The fourth-order valence-electron chi connectivity index (χ4n) is 3.63. The molecule has 0 radical (unpaired) electrons. The average Bonchev–Trinajstić information content (AvgIpc) is 2.74. The SMILES string of the molecule is CCCCOC1(CSc2ccc(F)cc2)CCN(CCc2ccccc2)CC1. The zero-order valence-electron chi connectivity index (χ0n) is 16.9. The van der Waals surface area contributed by atoms with Gasteiger partial charge in [0, 0.05) is 36.9 Å². The van der Waals surface area contributed by atoms with Crippen LogP contribution in [0.1, 0.15) is 38.2 Å². The van der Waals surface area contributed by atoms with Crippen LogP contribution in [0.4, 0.5) is 4.39 Å². The molecule has 1 saturated heterocycles. The fourth-order valence-corrected chi connectivity index (χ4v) is 4.76. The van der Waals surface area contributed by atoms with Crippen molar-refractivity contribution >= 4 is 11.8 Å². The Labute approximate surface area is 173 Å². The van der Waals surface area contributed by atoms with Crippen LogP contribution in [0.5, 0.6) is 0 Å². The summed E-state index contributed by atoms with van der Waals surface area (Å²) in [7, 11) is 0. The molecule has 1 aliphatic rings. The van der Waals surface area contributed by atoms with Gasteiger partial charge in [-0.25, -0.2) is 4.39 Å². The van der Waals surface area contributed by atoms with Crippen molar-refractivity contribution in [2.75, 3.05) is 32.0 Å². The molecule has 0 aromatic heterocycles. The van der Waals surface area contributed by atoms with Gasteiger partial charge in [0.05, 0.1) is 5.60 Å². The van der Waals surface area contributed by atoms with Gasteiger partial charge in [-0.2, -0.15) is 0 Å². The van der Waals surface area contributed by atoms with Crippen LogP contribution in [0, 0.1) is 5.82 Å². The standard InChI is InChI=1S/C24H32FNOS/c1-2-3-19-27-24(20-28-23-11-9-22(25)10-12-23)14-17-26(18-15-24)16-13-21-7-5-4-6-8-21/h4-12H,2-3,13-20H2,1H3. The number of likely N-dealkylation sites (tertiary alicyclic amines) is 1. The first-order valence-corrected chi connectivity index (χ1v) is 11.5. The van der Waals surface area contributed by atoms with Crippen LogP contribution >= 0.6 is 11.8 Å². The van der Waals surface area contributed by atoms with E-state index in [-0.39, 0.29) is 11.4 Å². The van der Waals surface area contributed by atoms with E-state index in [0.717, 1.165) is 69.0 Å². The molecule has 0 amide bonds. The van der Waals surface area contributed by atoms with Crippen molar-refractivity contribution in [2.24, 2.45) is 0 Å². The highest BCUT2D eigenvalue weighted by Gasteiger charge is 2.35. The molecule has 4 heteroatoms. The fraction of sp³-hybridized carbons (Fsp3) is 0.500. The third-order valence-corrected chi connectivity index (χ3v) is 6.82. The van der Waals surface area contributed by atoms with Crippen molar-refractivity contribution in [2.45, 2.75) is 49.5 Å². The lowest BCUT2D eigenvalue weighted by Crippen LogP contribution is -2.48. The first kappa shape index (κ1) is 21.4. The summed E-state index contributed by atoms with van der Waals surface area (Å²) in [6.45, 7) is 6.33. The van der Waals surface area contributed by atoms with Crippen molar-refractivity contribution in [3.05, 3.63) is 66.0 Å². The Hall–Kier alpha value is -1.36. The predicted octanol–water partition coefficient (Wildman–Crippen LogP) is 5.81. The highest BCUT2D eigenvalue weighted by molar-refractivity contribution is 7.99. The molecular formula is C24H32FNOS. The van der Waals surface area contributed by atoms with E-state index in [1.807, 2.05) is 12.1 Å². The Bertz CT molecular complexity index is 684. The molecule has 2 aromatic carbocycles. The van der Waals surface area contributed by atoms with Crippen LogP contribution in [0.3, 0.4) is 0 Å². The monoisotopic (exact) mass is 401 g/mol. The quantitative estimate of drug-likeness (QED) is 0.368. The molecule has 0 N–H and O–H groups in total. The summed E-state index contributed by atoms with van der Waals surface area (Å²) in [5, 5.41) is 0. The highest BCUT2D eigenvalue weighted by atomic mass is 32.2. The summed E-state index contributed by atoms with van der Waals surface area (Å²) in [6.07, 6.45) is 5.51. The molecule has 1 fully saturated rings. The molecule has 3 rings (SSSR count). The molecule has 0 spiro atoms. The smallest absolute Gasteiger partial charge is 0.123 e. The summed E-state index contributed by atoms with van der Waals surface area (Å²) in [5.41, 5.74) is 1.35. The highest BCUT2D eigenvalue weighted by Crippen LogP contribution is 2.33. The van der Waals surface area contributed by atoms with E-state index in [1.54, 1.807) is 23.9 Å². The van der Waals surface area contributed by atoms with E-state index < -0.39 is 0 Å². The Kier molecular flexibility index (Phi) is 8.38. The minimum absolute atomic E-state index is 0.0581. The molecule has 2 aromatic rings. The van der Waals surface area contributed by atoms with Gasteiger partial charge in [0.15, 0.2) is 0 Å². The van der Waals surface area contributed by atoms with Gasteiger partial charge in [0.1, 0.15) is 5.82 Å². The molecule has 0 saturated carbocycles. The lowest BCUT2D eigenvalue weighted by Gasteiger charge is -2.41. The summed E-state index contributed by atoms with van der Waals surface area (Å²) in [5.74, 6) is 0.763. The maximum Gasteiger partial charge on any atom is 0.123 e. The molecule has 0 atom stereocenters. The number of thioether (sulfide) groups is 1. The Balaban J connectivity index is 1.52. The van der Waals surface area contributed by atoms with E-state index >= 15 is 0 Å². The van der Waals surface area contributed by atoms with E-state index in [4.69, 9.17) is 4.74 Å². The molecule has 1 aliphatic heterocycles. The van der Waals surface area contributed by atoms with Gasteiger partial charge in [-0.15, -0.1) is 11.8 Å². The Morgan fingerprint density at radius 3 is 2.43 bits per heavy atom. The van der Waals surface area contributed by atoms with Crippen molar-refractivity contribution in [1.82, 2.24) is 4.90 Å². The molecule has 0 aliphatic carbocycles. The number of unbranched alkanes of at least 4 members (excludes halogenated alkanes) is 1. The van der Waals surface area contributed by atoms with Gasteiger partial charge < -0.3 is 9.64 Å². The zero-order chi connectivity index (χ0) is 19.7. The first-order valence-electron chi connectivity index (χ1n) is 10.5. The minimum atomic E-state index is -0.176. The second-order valence-corrected chi connectivity index (χ2v) is 8.75. The maximum absolute atomic E-state index is 13.2. The number of piperidine rings is 1. The molecule has 1 heterocycles. The number of hydrogen-bond donors (Lipinski definition) is 0. The van der Waals surface area contributed by atoms with E-state index in [0.29, 0.717) is 0 Å². The van der Waals surface area contributed by atoms with Crippen molar-refractivity contribution in [1.29, 1.82) is 0 Å². The molecule has 28 heavy (non-hydrogen) atoms. The van der Waals surface area contributed by atoms with Gasteiger partial charge in [-0.3, -0.25) is 0 Å². The van der Waals surface area contributed by atoms with Gasteiger partial charge in [0.2, 0.25) is 0 Å². The van der Waals surface area contributed by atoms with Crippen molar-refractivity contribution < 1.29 is 9.13 Å². The van der Waals surface area contributed by atoms with Gasteiger partial charge in [-0.05, 0) is 55.5 Å². The van der Waals surface area contributed by atoms with Gasteiger partial charge in [-0.1, -0.05) is 43.7 Å².